The SMILES string of the molecule is CC(C)(C)c1nccc(COc2cc(-c3cnc(C4CCN(C(C)(C)C)CC4)s3)cnc2N)c1C(C)(C)C. The molecule has 1 fully saturated rings. The number of rotatable bonds is 5. The van der Waals surface area contributed by atoms with E-state index >= 15 is 0 Å². The van der Waals surface area contributed by atoms with Gasteiger partial charge in [-0.3, -0.25) is 9.88 Å². The van der Waals surface area contributed by atoms with E-state index in [1.165, 1.54) is 10.6 Å². The Balaban J connectivity index is 1.52. The summed E-state index contributed by atoms with van der Waals surface area (Å²) in [5.41, 5.74) is 10.8. The number of piperidine rings is 1. The maximum Gasteiger partial charge on any atom is 0.166 e. The zero-order valence-corrected chi connectivity index (χ0v) is 25.5. The fraction of sp³-hybridized carbons (Fsp3) is 0.581. The minimum atomic E-state index is -0.0662. The molecule has 3 aromatic rings. The Hall–Kier alpha value is -2.51. The molecule has 1 aliphatic heterocycles. The van der Waals surface area contributed by atoms with E-state index in [-0.39, 0.29) is 16.4 Å². The normalized spacial score (nSPS) is 16.1. The van der Waals surface area contributed by atoms with Gasteiger partial charge in [0.1, 0.15) is 6.61 Å². The van der Waals surface area contributed by atoms with Crippen molar-refractivity contribution in [3.63, 3.8) is 0 Å². The lowest BCUT2D eigenvalue weighted by atomic mass is 9.76. The number of nitrogens with zero attached hydrogens (tertiary/aromatic N) is 4. The van der Waals surface area contributed by atoms with E-state index in [9.17, 15) is 0 Å². The molecule has 0 spiro atoms. The van der Waals surface area contributed by atoms with Crippen LogP contribution in [0.4, 0.5) is 5.82 Å². The fourth-order valence-corrected chi connectivity index (χ4v) is 6.36. The summed E-state index contributed by atoms with van der Waals surface area (Å²) in [6.07, 6.45) is 7.99. The summed E-state index contributed by atoms with van der Waals surface area (Å²) in [5, 5.41) is 1.22. The molecule has 0 amide bonds. The van der Waals surface area contributed by atoms with Crippen molar-refractivity contribution in [2.45, 2.75) is 104 Å². The van der Waals surface area contributed by atoms with E-state index in [4.69, 9.17) is 20.4 Å². The summed E-state index contributed by atoms with van der Waals surface area (Å²) in [6.45, 7) is 22.8. The van der Waals surface area contributed by atoms with Crippen LogP contribution in [0.15, 0.2) is 30.7 Å². The van der Waals surface area contributed by atoms with Crippen molar-refractivity contribution in [1.82, 2.24) is 19.9 Å². The van der Waals surface area contributed by atoms with Crippen molar-refractivity contribution in [3.8, 4) is 16.2 Å². The minimum absolute atomic E-state index is 0.0631. The summed E-state index contributed by atoms with van der Waals surface area (Å²) < 4.78 is 6.32. The lowest BCUT2D eigenvalue weighted by Crippen LogP contribution is -2.45. The average molecular weight is 536 g/mol. The van der Waals surface area contributed by atoms with E-state index in [1.54, 1.807) is 11.3 Å². The summed E-state index contributed by atoms with van der Waals surface area (Å²) >= 11 is 1.77. The van der Waals surface area contributed by atoms with Crippen molar-refractivity contribution >= 4 is 17.2 Å². The van der Waals surface area contributed by atoms with Gasteiger partial charge in [0.15, 0.2) is 11.6 Å². The topological polar surface area (TPSA) is 77.2 Å². The van der Waals surface area contributed by atoms with Crippen LogP contribution in [0, 0.1) is 0 Å². The van der Waals surface area contributed by atoms with Gasteiger partial charge in [-0.25, -0.2) is 9.97 Å². The molecule has 38 heavy (non-hydrogen) atoms. The Morgan fingerprint density at radius 3 is 2.24 bits per heavy atom. The van der Waals surface area contributed by atoms with E-state index in [0.29, 0.717) is 24.1 Å². The average Bonchev–Trinajstić information content (AvgIpc) is 3.32. The molecular formula is C31H45N5OS. The Bertz CT molecular complexity index is 1250. The molecule has 0 atom stereocenters. The van der Waals surface area contributed by atoms with Crippen molar-refractivity contribution < 1.29 is 4.74 Å². The Morgan fingerprint density at radius 1 is 0.947 bits per heavy atom. The highest BCUT2D eigenvalue weighted by molar-refractivity contribution is 7.15. The maximum atomic E-state index is 6.32. The number of nitrogen functional groups attached to an aromatic ring is 1. The van der Waals surface area contributed by atoms with Gasteiger partial charge in [-0.05, 0) is 75.4 Å². The third-order valence-electron chi connectivity index (χ3n) is 7.36. The highest BCUT2D eigenvalue weighted by atomic mass is 32.1. The van der Waals surface area contributed by atoms with Crippen LogP contribution < -0.4 is 10.5 Å². The largest absolute Gasteiger partial charge is 0.485 e. The van der Waals surface area contributed by atoms with Crippen LogP contribution in [0.1, 0.15) is 103 Å². The minimum Gasteiger partial charge on any atom is -0.485 e. The highest BCUT2D eigenvalue weighted by Gasteiger charge is 2.30. The number of pyridine rings is 2. The number of aromatic nitrogens is 3. The summed E-state index contributed by atoms with van der Waals surface area (Å²) in [4.78, 5) is 17.7. The first-order chi connectivity index (χ1) is 17.6. The molecule has 1 saturated heterocycles. The van der Waals surface area contributed by atoms with Crippen LogP contribution in [0.2, 0.25) is 0 Å². The van der Waals surface area contributed by atoms with E-state index < -0.39 is 0 Å². The van der Waals surface area contributed by atoms with Crippen molar-refractivity contribution in [1.29, 1.82) is 0 Å². The Labute approximate surface area is 233 Å². The zero-order chi connectivity index (χ0) is 27.9. The predicted octanol–water partition coefficient (Wildman–Crippen LogP) is 7.33. The van der Waals surface area contributed by atoms with Gasteiger partial charge in [0.2, 0.25) is 0 Å². The highest BCUT2D eigenvalue weighted by Crippen LogP contribution is 2.38. The van der Waals surface area contributed by atoms with Crippen LogP contribution >= 0.6 is 11.3 Å². The van der Waals surface area contributed by atoms with Gasteiger partial charge in [0.25, 0.3) is 0 Å². The summed E-state index contributed by atoms with van der Waals surface area (Å²) in [7, 11) is 0. The first kappa shape index (κ1) is 28.5. The van der Waals surface area contributed by atoms with Crippen molar-refractivity contribution in [2.75, 3.05) is 18.8 Å². The molecule has 4 heterocycles. The number of nitrogens with two attached hydrogens (primary N) is 1. The third kappa shape index (κ3) is 6.37. The molecule has 206 valence electrons. The smallest absolute Gasteiger partial charge is 0.166 e. The second kappa shape index (κ2) is 10.6. The van der Waals surface area contributed by atoms with Crippen LogP contribution in [0.3, 0.4) is 0 Å². The Morgan fingerprint density at radius 2 is 1.63 bits per heavy atom. The molecule has 0 unspecified atom stereocenters. The van der Waals surface area contributed by atoms with Crippen molar-refractivity contribution in [2.24, 2.45) is 0 Å². The molecule has 3 aromatic heterocycles. The first-order valence-corrected chi connectivity index (χ1v) is 14.5. The molecule has 0 aromatic carbocycles. The van der Waals surface area contributed by atoms with Gasteiger partial charge in [-0.15, -0.1) is 11.3 Å². The molecule has 1 aliphatic rings. The van der Waals surface area contributed by atoms with Gasteiger partial charge in [0, 0.05) is 46.7 Å². The molecule has 0 saturated carbocycles. The summed E-state index contributed by atoms with van der Waals surface area (Å²) in [5.74, 6) is 1.52. The number of thiazole rings is 1. The van der Waals surface area contributed by atoms with Gasteiger partial charge in [-0.2, -0.15) is 0 Å². The van der Waals surface area contributed by atoms with E-state index in [1.807, 2.05) is 24.7 Å². The van der Waals surface area contributed by atoms with Crippen LogP contribution in [-0.2, 0) is 17.4 Å². The standard InChI is InChI=1S/C31H45N5OS/c1-29(2,3)25-21(10-13-33-26(25)30(4,5)6)19-37-23-16-22(17-34-27(23)32)24-18-35-28(38-24)20-11-14-36(15-12-20)31(7,8)9/h10,13,16-18,20H,11-12,14-15,19H2,1-9H3,(H2,32,34). The lowest BCUT2D eigenvalue weighted by Gasteiger charge is -2.40. The number of ether oxygens (including phenoxy) is 1. The molecule has 0 aliphatic carbocycles. The third-order valence-corrected chi connectivity index (χ3v) is 8.57. The van der Waals surface area contributed by atoms with Gasteiger partial charge < -0.3 is 10.5 Å². The second-order valence-electron chi connectivity index (χ2n) is 13.6. The van der Waals surface area contributed by atoms with Crippen molar-refractivity contribution in [3.05, 3.63) is 52.6 Å². The van der Waals surface area contributed by atoms with Crippen LogP contribution in [0.25, 0.3) is 10.4 Å². The van der Waals surface area contributed by atoms with Gasteiger partial charge in [0.05, 0.1) is 9.88 Å². The second-order valence-corrected chi connectivity index (χ2v) is 14.6. The lowest BCUT2D eigenvalue weighted by molar-refractivity contribution is 0.102. The fourth-order valence-electron chi connectivity index (χ4n) is 5.30. The Kier molecular flexibility index (Phi) is 7.93. The maximum absolute atomic E-state index is 6.32. The molecule has 7 heteroatoms. The monoisotopic (exact) mass is 535 g/mol. The first-order valence-electron chi connectivity index (χ1n) is 13.7. The number of hydrogen-bond donors (Lipinski definition) is 1. The molecule has 2 N–H and O–H groups in total. The number of likely N-dealkylation sites (tertiary alicyclic amines) is 1. The molecule has 0 bridgehead atoms. The van der Waals surface area contributed by atoms with E-state index in [2.05, 4.69) is 78.3 Å². The molecule has 4 rings (SSSR count). The van der Waals surface area contributed by atoms with Crippen LogP contribution in [-0.4, -0.2) is 38.5 Å². The molecule has 6 nitrogen and oxygen atoms in total. The number of anilines is 1. The van der Waals surface area contributed by atoms with Gasteiger partial charge >= 0.3 is 0 Å². The molecule has 0 radical (unpaired) electrons. The predicted molar refractivity (Wildman–Crippen MR) is 159 cm³/mol. The van der Waals surface area contributed by atoms with Crippen LogP contribution in [0.5, 0.6) is 5.75 Å². The quantitative estimate of drug-likeness (QED) is 0.368. The zero-order valence-electron chi connectivity index (χ0n) is 24.7. The van der Waals surface area contributed by atoms with Gasteiger partial charge in [-0.1, -0.05) is 41.5 Å². The molecular weight excluding hydrogens is 490 g/mol. The van der Waals surface area contributed by atoms with E-state index in [0.717, 1.165) is 47.6 Å². The number of hydrogen-bond acceptors (Lipinski definition) is 7. The summed E-state index contributed by atoms with van der Waals surface area (Å²) in [6, 6.07) is 4.06.